The van der Waals surface area contributed by atoms with Gasteiger partial charge in [0.15, 0.2) is 0 Å². The smallest absolute Gasteiger partial charge is 0.0495 e. The van der Waals surface area contributed by atoms with Gasteiger partial charge >= 0.3 is 0 Å². The lowest BCUT2D eigenvalue weighted by Gasteiger charge is -2.11. The lowest BCUT2D eigenvalue weighted by Crippen LogP contribution is -1.87. The molecule has 122 valence electrons. The maximum absolute atomic E-state index is 2.31. The third kappa shape index (κ3) is 1.60. The van der Waals surface area contributed by atoms with E-state index in [-0.39, 0.29) is 0 Å². The molecule has 0 spiro atoms. The summed E-state index contributed by atoms with van der Waals surface area (Å²) < 4.78 is 2.31. The number of benzene rings is 5. The molecular formula is C25H17N. The molecule has 26 heavy (non-hydrogen) atoms. The number of hydrogen-bond acceptors (Lipinski definition) is 0. The van der Waals surface area contributed by atoms with Crippen molar-refractivity contribution in [3.63, 3.8) is 0 Å². The molecule has 0 aliphatic rings. The van der Waals surface area contributed by atoms with Gasteiger partial charge in [-0.2, -0.15) is 0 Å². The largest absolute Gasteiger partial charge is 0.344 e. The first-order chi connectivity index (χ1) is 12.8. The first-order valence-corrected chi connectivity index (χ1v) is 9.04. The highest BCUT2D eigenvalue weighted by Gasteiger charge is 2.15. The van der Waals surface area contributed by atoms with E-state index in [0.717, 1.165) is 0 Å². The molecule has 0 unspecified atom stereocenters. The van der Waals surface area contributed by atoms with Crippen molar-refractivity contribution in [1.29, 1.82) is 0 Å². The van der Waals surface area contributed by atoms with Crippen molar-refractivity contribution < 1.29 is 0 Å². The Bertz CT molecular complexity index is 1450. The zero-order valence-corrected chi connectivity index (χ0v) is 14.5. The minimum absolute atomic E-state index is 1.28. The Labute approximate surface area is 151 Å². The Balaban J connectivity index is 2.07. The molecule has 0 N–H and O–H groups in total. The van der Waals surface area contributed by atoms with Crippen LogP contribution in [0.15, 0.2) is 84.9 Å². The Morgan fingerprint density at radius 2 is 0.923 bits per heavy atom. The second-order valence-electron chi connectivity index (χ2n) is 7.05. The van der Waals surface area contributed by atoms with Gasteiger partial charge in [0, 0.05) is 34.2 Å². The Hall–Kier alpha value is -3.32. The molecule has 1 aromatic heterocycles. The molecule has 0 amide bonds. The van der Waals surface area contributed by atoms with Crippen molar-refractivity contribution in [2.75, 3.05) is 0 Å². The summed E-state index contributed by atoms with van der Waals surface area (Å²) >= 11 is 0. The van der Waals surface area contributed by atoms with Crippen molar-refractivity contribution in [2.24, 2.45) is 7.05 Å². The molecule has 0 radical (unpaired) electrons. The zero-order valence-electron chi connectivity index (χ0n) is 14.5. The number of nitrogens with zero attached hydrogens (tertiary/aromatic N) is 1. The van der Waals surface area contributed by atoms with Gasteiger partial charge in [-0.3, -0.25) is 0 Å². The summed E-state index contributed by atoms with van der Waals surface area (Å²) in [5.41, 5.74) is 2.58. The molecule has 1 heteroatoms. The quantitative estimate of drug-likeness (QED) is 0.270. The van der Waals surface area contributed by atoms with Crippen LogP contribution in [0.25, 0.3) is 54.1 Å². The summed E-state index contributed by atoms with van der Waals surface area (Å²) in [5.74, 6) is 0. The zero-order chi connectivity index (χ0) is 17.3. The van der Waals surface area contributed by atoms with E-state index in [1.165, 1.54) is 54.1 Å². The van der Waals surface area contributed by atoms with Crippen LogP contribution in [0.1, 0.15) is 0 Å². The molecule has 0 aliphatic heterocycles. The van der Waals surface area contributed by atoms with Gasteiger partial charge in [-0.15, -0.1) is 0 Å². The first kappa shape index (κ1) is 13.9. The van der Waals surface area contributed by atoms with Crippen molar-refractivity contribution >= 4 is 54.1 Å². The number of para-hydroxylation sites is 1. The Morgan fingerprint density at radius 3 is 1.62 bits per heavy atom. The summed E-state index contributed by atoms with van der Waals surface area (Å²) in [6, 6.07) is 30.9. The summed E-state index contributed by atoms with van der Waals surface area (Å²) in [6.07, 6.45) is 0. The van der Waals surface area contributed by atoms with Crippen LogP contribution in [0.4, 0.5) is 0 Å². The fourth-order valence-electron chi connectivity index (χ4n) is 4.64. The molecule has 0 aliphatic carbocycles. The van der Waals surface area contributed by atoms with E-state index in [9.17, 15) is 0 Å². The molecule has 0 atom stereocenters. The fraction of sp³-hybridized carbons (Fsp3) is 0.0400. The minimum atomic E-state index is 1.28. The molecule has 0 saturated heterocycles. The van der Waals surface area contributed by atoms with Crippen LogP contribution in [0, 0.1) is 0 Å². The van der Waals surface area contributed by atoms with E-state index in [1.54, 1.807) is 0 Å². The van der Waals surface area contributed by atoms with Crippen LogP contribution >= 0.6 is 0 Å². The van der Waals surface area contributed by atoms with E-state index < -0.39 is 0 Å². The van der Waals surface area contributed by atoms with Gasteiger partial charge in [0.2, 0.25) is 0 Å². The highest BCUT2D eigenvalue weighted by molar-refractivity contribution is 6.35. The third-order valence-electron chi connectivity index (χ3n) is 5.78. The van der Waals surface area contributed by atoms with Crippen molar-refractivity contribution in [3.05, 3.63) is 84.9 Å². The van der Waals surface area contributed by atoms with Crippen molar-refractivity contribution in [1.82, 2.24) is 4.57 Å². The van der Waals surface area contributed by atoms with Gasteiger partial charge in [0.25, 0.3) is 0 Å². The summed E-state index contributed by atoms with van der Waals surface area (Å²) in [5, 5.41) is 10.7. The summed E-state index contributed by atoms with van der Waals surface area (Å²) in [4.78, 5) is 0. The van der Waals surface area contributed by atoms with Crippen LogP contribution < -0.4 is 0 Å². The van der Waals surface area contributed by atoms with Crippen LogP contribution in [-0.2, 0) is 7.05 Å². The molecule has 0 bridgehead atoms. The predicted molar refractivity (Wildman–Crippen MR) is 113 cm³/mol. The standard InChI is InChI=1S/C25H17N/c1-26-22-13-7-6-12-21(22)25-23(26)15-14-20-18-10-3-2-8-16(18)17-9-4-5-11-19(17)24(20)25/h2-15H,1H3. The van der Waals surface area contributed by atoms with Gasteiger partial charge < -0.3 is 4.57 Å². The second-order valence-corrected chi connectivity index (χ2v) is 7.05. The van der Waals surface area contributed by atoms with Crippen LogP contribution in [-0.4, -0.2) is 4.57 Å². The highest BCUT2D eigenvalue weighted by atomic mass is 14.9. The van der Waals surface area contributed by atoms with E-state index in [0.29, 0.717) is 0 Å². The number of fused-ring (bicyclic) bond motifs is 10. The second kappa shape index (κ2) is 4.86. The monoisotopic (exact) mass is 331 g/mol. The lowest BCUT2D eigenvalue weighted by atomic mass is 9.92. The minimum Gasteiger partial charge on any atom is -0.344 e. The van der Waals surface area contributed by atoms with Crippen LogP contribution in [0.2, 0.25) is 0 Å². The van der Waals surface area contributed by atoms with Crippen LogP contribution in [0.3, 0.4) is 0 Å². The molecule has 5 aromatic carbocycles. The molecule has 6 aromatic rings. The maximum Gasteiger partial charge on any atom is 0.0495 e. The number of rotatable bonds is 0. The topological polar surface area (TPSA) is 4.93 Å². The Morgan fingerprint density at radius 1 is 0.423 bits per heavy atom. The van der Waals surface area contributed by atoms with Crippen molar-refractivity contribution in [3.8, 4) is 0 Å². The molecule has 0 fully saturated rings. The first-order valence-electron chi connectivity index (χ1n) is 9.04. The van der Waals surface area contributed by atoms with E-state index >= 15 is 0 Å². The van der Waals surface area contributed by atoms with Gasteiger partial charge in [-0.1, -0.05) is 72.8 Å². The lowest BCUT2D eigenvalue weighted by molar-refractivity contribution is 1.01. The summed E-state index contributed by atoms with van der Waals surface area (Å²) in [6.45, 7) is 0. The molecule has 0 saturated carbocycles. The maximum atomic E-state index is 2.31. The summed E-state index contributed by atoms with van der Waals surface area (Å²) in [7, 11) is 2.17. The number of aryl methyl sites for hydroxylation is 1. The molecular weight excluding hydrogens is 314 g/mol. The average Bonchev–Trinajstić information content (AvgIpc) is 3.01. The van der Waals surface area contributed by atoms with Crippen molar-refractivity contribution in [2.45, 2.75) is 0 Å². The normalized spacial score (nSPS) is 12.0. The number of aromatic nitrogens is 1. The van der Waals surface area contributed by atoms with Gasteiger partial charge in [0.05, 0.1) is 0 Å². The predicted octanol–water partition coefficient (Wildman–Crippen LogP) is 6.79. The van der Waals surface area contributed by atoms with Crippen LogP contribution in [0.5, 0.6) is 0 Å². The van der Waals surface area contributed by atoms with E-state index in [1.807, 2.05) is 0 Å². The third-order valence-corrected chi connectivity index (χ3v) is 5.78. The van der Waals surface area contributed by atoms with E-state index in [4.69, 9.17) is 0 Å². The van der Waals surface area contributed by atoms with Gasteiger partial charge in [-0.25, -0.2) is 0 Å². The van der Waals surface area contributed by atoms with E-state index in [2.05, 4.69) is 96.5 Å². The fourth-order valence-corrected chi connectivity index (χ4v) is 4.64. The van der Waals surface area contributed by atoms with Gasteiger partial charge in [0.1, 0.15) is 0 Å². The average molecular weight is 331 g/mol. The van der Waals surface area contributed by atoms with Gasteiger partial charge in [-0.05, 0) is 39.1 Å². The molecule has 1 nitrogen and oxygen atoms in total. The number of hydrogen-bond donors (Lipinski definition) is 0. The molecule has 1 heterocycles. The highest BCUT2D eigenvalue weighted by Crippen LogP contribution is 2.41. The Kier molecular flexibility index (Phi) is 2.60. The SMILES string of the molecule is Cn1c2ccccc2c2c3c4ccccc4c4ccccc4c3ccc21. The molecule has 6 rings (SSSR count).